The third-order valence-corrected chi connectivity index (χ3v) is 7.00. The van der Waals surface area contributed by atoms with Crippen molar-refractivity contribution in [3.8, 4) is 11.1 Å². The van der Waals surface area contributed by atoms with E-state index >= 15 is 0 Å². The third kappa shape index (κ3) is 2.91. The van der Waals surface area contributed by atoms with E-state index in [1.54, 1.807) is 13.8 Å². The molecule has 0 fully saturated rings. The second kappa shape index (κ2) is 6.94. The molecule has 8 heteroatoms. The van der Waals surface area contributed by atoms with Crippen molar-refractivity contribution in [3.05, 3.63) is 51.3 Å². The SMILES string of the molecule is Cc1c(Cl)c(Cl)c(Cl)c(-c2c(Cl)c(C)c(Cl)c(Cl)c2Cl)c1Cl. The maximum atomic E-state index is 6.38. The van der Waals surface area contributed by atoms with Gasteiger partial charge in [0.15, 0.2) is 0 Å². The molecule has 0 aliphatic heterocycles. The summed E-state index contributed by atoms with van der Waals surface area (Å²) in [6.45, 7) is 3.42. The van der Waals surface area contributed by atoms with Gasteiger partial charge in [-0.2, -0.15) is 0 Å². The van der Waals surface area contributed by atoms with Gasteiger partial charge in [-0.3, -0.25) is 0 Å². The quantitative estimate of drug-likeness (QED) is 0.296. The summed E-state index contributed by atoms with van der Waals surface area (Å²) in [5.74, 6) is 0. The van der Waals surface area contributed by atoms with Crippen molar-refractivity contribution >= 4 is 92.8 Å². The van der Waals surface area contributed by atoms with E-state index < -0.39 is 0 Å². The van der Waals surface area contributed by atoms with E-state index in [-0.39, 0.29) is 30.1 Å². The van der Waals surface area contributed by atoms with Crippen LogP contribution in [0.1, 0.15) is 11.1 Å². The van der Waals surface area contributed by atoms with E-state index in [2.05, 4.69) is 0 Å². The first-order chi connectivity index (χ1) is 10.1. The molecule has 0 aromatic heterocycles. The van der Waals surface area contributed by atoms with Gasteiger partial charge < -0.3 is 0 Å². The van der Waals surface area contributed by atoms with Crippen molar-refractivity contribution < 1.29 is 0 Å². The molecule has 0 amide bonds. The Bertz CT molecular complexity index is 669. The monoisotopic (exact) mass is 454 g/mol. The van der Waals surface area contributed by atoms with Gasteiger partial charge in [-0.25, -0.2) is 0 Å². The lowest BCUT2D eigenvalue weighted by atomic mass is 10.0. The minimum atomic E-state index is 0.142. The van der Waals surface area contributed by atoms with Crippen LogP contribution < -0.4 is 0 Å². The predicted molar refractivity (Wildman–Crippen MR) is 101 cm³/mol. The minimum Gasteiger partial charge on any atom is -0.0833 e. The van der Waals surface area contributed by atoms with Gasteiger partial charge in [0.05, 0.1) is 40.2 Å². The van der Waals surface area contributed by atoms with Gasteiger partial charge >= 0.3 is 0 Å². The Balaban J connectivity index is 3.03. The van der Waals surface area contributed by atoms with Crippen LogP contribution in [-0.2, 0) is 0 Å². The molecule has 0 saturated carbocycles. The molecule has 118 valence electrons. The van der Waals surface area contributed by atoms with E-state index in [0.29, 0.717) is 32.3 Å². The normalized spacial score (nSPS) is 11.2. The zero-order valence-electron chi connectivity index (χ0n) is 11.0. The Kier molecular flexibility index (Phi) is 6.02. The Morgan fingerprint density at radius 3 is 0.909 bits per heavy atom. The molecule has 2 aromatic carbocycles. The first-order valence-corrected chi connectivity index (χ1v) is 8.79. The van der Waals surface area contributed by atoms with Gasteiger partial charge in [-0.1, -0.05) is 92.8 Å². The summed E-state index contributed by atoms with van der Waals surface area (Å²) in [7, 11) is 0. The highest BCUT2D eigenvalue weighted by atomic mass is 35.5. The van der Waals surface area contributed by atoms with Crippen molar-refractivity contribution in [2.75, 3.05) is 0 Å². The zero-order chi connectivity index (χ0) is 16.9. The van der Waals surface area contributed by atoms with E-state index in [9.17, 15) is 0 Å². The zero-order valence-corrected chi connectivity index (χ0v) is 17.1. The van der Waals surface area contributed by atoms with Crippen molar-refractivity contribution in [2.45, 2.75) is 13.8 Å². The molecule has 2 aromatic rings. The molecule has 0 bridgehead atoms. The lowest BCUT2D eigenvalue weighted by Gasteiger charge is -2.18. The maximum Gasteiger partial charge on any atom is 0.0788 e. The van der Waals surface area contributed by atoms with Crippen LogP contribution in [0.15, 0.2) is 0 Å². The van der Waals surface area contributed by atoms with Gasteiger partial charge in [0.1, 0.15) is 0 Å². The Labute approximate surface area is 168 Å². The number of hydrogen-bond donors (Lipinski definition) is 0. The molecule has 0 spiro atoms. The summed E-state index contributed by atoms with van der Waals surface area (Å²) in [6.07, 6.45) is 0. The van der Waals surface area contributed by atoms with Crippen molar-refractivity contribution in [1.82, 2.24) is 0 Å². The minimum absolute atomic E-state index is 0.142. The van der Waals surface area contributed by atoms with E-state index in [1.807, 2.05) is 0 Å². The van der Waals surface area contributed by atoms with Crippen molar-refractivity contribution in [1.29, 1.82) is 0 Å². The van der Waals surface area contributed by atoms with Gasteiger partial charge in [0.2, 0.25) is 0 Å². The molecule has 0 aliphatic carbocycles. The van der Waals surface area contributed by atoms with Crippen LogP contribution in [0.25, 0.3) is 11.1 Å². The number of halogens is 8. The van der Waals surface area contributed by atoms with Gasteiger partial charge in [-0.05, 0) is 25.0 Å². The van der Waals surface area contributed by atoms with Gasteiger partial charge in [0, 0.05) is 11.1 Å². The smallest absolute Gasteiger partial charge is 0.0788 e. The molecule has 0 radical (unpaired) electrons. The van der Waals surface area contributed by atoms with Crippen molar-refractivity contribution in [2.24, 2.45) is 0 Å². The molecule has 0 atom stereocenters. The Morgan fingerprint density at radius 1 is 0.364 bits per heavy atom. The second-order valence-corrected chi connectivity index (χ2v) is 7.54. The van der Waals surface area contributed by atoms with Crippen LogP contribution in [0.4, 0.5) is 0 Å². The molecule has 2 rings (SSSR count). The predicted octanol–water partition coefficient (Wildman–Crippen LogP) is 9.20. The van der Waals surface area contributed by atoms with E-state index in [1.165, 1.54) is 0 Å². The average molecular weight is 458 g/mol. The second-order valence-electron chi connectivity index (χ2n) is 4.51. The lowest BCUT2D eigenvalue weighted by molar-refractivity contribution is 1.43. The number of benzene rings is 2. The summed E-state index contributed by atoms with van der Waals surface area (Å²) in [5.41, 5.74) is 1.85. The highest BCUT2D eigenvalue weighted by Gasteiger charge is 2.26. The molecule has 0 heterocycles. The summed E-state index contributed by atoms with van der Waals surface area (Å²) in [5, 5.41) is 1.73. The summed E-state index contributed by atoms with van der Waals surface area (Å²) < 4.78 is 0. The maximum absolute atomic E-state index is 6.38. The van der Waals surface area contributed by atoms with Crippen LogP contribution in [0.3, 0.4) is 0 Å². The summed E-state index contributed by atoms with van der Waals surface area (Å²) >= 11 is 49.9. The topological polar surface area (TPSA) is 0 Å². The number of rotatable bonds is 1. The highest BCUT2D eigenvalue weighted by Crippen LogP contribution is 2.52. The molecule has 0 nitrogen and oxygen atoms in total. The average Bonchev–Trinajstić information content (AvgIpc) is 2.50. The first kappa shape index (κ1) is 19.1. The van der Waals surface area contributed by atoms with Crippen LogP contribution in [0.5, 0.6) is 0 Å². The van der Waals surface area contributed by atoms with Crippen LogP contribution in [0, 0.1) is 13.8 Å². The van der Waals surface area contributed by atoms with Gasteiger partial charge in [0.25, 0.3) is 0 Å². The van der Waals surface area contributed by atoms with Crippen LogP contribution in [0.2, 0.25) is 40.2 Å². The molecule has 22 heavy (non-hydrogen) atoms. The van der Waals surface area contributed by atoms with E-state index in [4.69, 9.17) is 92.8 Å². The molecule has 0 unspecified atom stereocenters. The van der Waals surface area contributed by atoms with Crippen LogP contribution >= 0.6 is 92.8 Å². The highest BCUT2D eigenvalue weighted by molar-refractivity contribution is 6.55. The largest absolute Gasteiger partial charge is 0.0833 e. The Morgan fingerprint density at radius 2 is 0.636 bits per heavy atom. The fourth-order valence-electron chi connectivity index (χ4n) is 1.94. The van der Waals surface area contributed by atoms with Crippen molar-refractivity contribution in [3.63, 3.8) is 0 Å². The molecule has 0 saturated heterocycles. The fraction of sp³-hybridized carbons (Fsp3) is 0.143. The number of hydrogen-bond acceptors (Lipinski definition) is 0. The van der Waals surface area contributed by atoms with E-state index in [0.717, 1.165) is 0 Å². The first-order valence-electron chi connectivity index (χ1n) is 5.76. The van der Waals surface area contributed by atoms with Gasteiger partial charge in [-0.15, -0.1) is 0 Å². The Hall–Kier alpha value is 0.760. The molecular weight excluding hydrogens is 452 g/mol. The lowest BCUT2D eigenvalue weighted by Crippen LogP contribution is -1.94. The molecule has 0 aliphatic rings. The third-order valence-electron chi connectivity index (χ3n) is 3.22. The molecule has 0 N–H and O–H groups in total. The standard InChI is InChI=1S/C14H6Cl8/c1-3-7(15)5(11(19)13(21)9(3)17)6-8(16)4(2)10(18)14(22)12(6)20/h1-2H3. The summed E-state index contributed by atoms with van der Waals surface area (Å²) in [6, 6.07) is 0. The summed E-state index contributed by atoms with van der Waals surface area (Å²) in [4.78, 5) is 0. The fourth-order valence-corrected chi connectivity index (χ4v) is 4.22. The molecular formula is C14H6Cl8. The van der Waals surface area contributed by atoms with Crippen LogP contribution in [-0.4, -0.2) is 0 Å².